The maximum absolute atomic E-state index is 13.1. The van der Waals surface area contributed by atoms with Crippen LogP contribution in [-0.2, 0) is 15.7 Å². The first-order valence-corrected chi connectivity index (χ1v) is 9.61. The molecular formula is C17H22F3N3O2S2. The minimum atomic E-state index is -4.49. The fraction of sp³-hybridized carbons (Fsp3) is 0.529. The lowest BCUT2D eigenvalue weighted by atomic mass is 10.1. The van der Waals surface area contributed by atoms with E-state index in [1.807, 2.05) is 4.90 Å². The van der Waals surface area contributed by atoms with Gasteiger partial charge in [-0.15, -0.1) is 0 Å². The Bertz CT molecular complexity index is 692. The van der Waals surface area contributed by atoms with E-state index in [1.165, 1.54) is 17.8 Å². The Labute approximate surface area is 166 Å². The fourth-order valence-corrected chi connectivity index (χ4v) is 3.55. The van der Waals surface area contributed by atoms with Crippen molar-refractivity contribution in [1.29, 1.82) is 0 Å². The zero-order valence-electron chi connectivity index (χ0n) is 15.3. The second kappa shape index (κ2) is 9.11. The number of carbonyl (C=O) groups excluding carboxylic acids is 1. The molecular weight excluding hydrogens is 399 g/mol. The quantitative estimate of drug-likeness (QED) is 0.752. The van der Waals surface area contributed by atoms with Crippen LogP contribution in [0.4, 0.5) is 24.5 Å². The van der Waals surface area contributed by atoms with Crippen LogP contribution < -0.4 is 10.2 Å². The molecule has 1 heterocycles. The highest BCUT2D eigenvalue weighted by Gasteiger charge is 2.32. The molecule has 1 N–H and O–H groups in total. The number of hydrogen-bond donors (Lipinski definition) is 1. The molecule has 1 amide bonds. The van der Waals surface area contributed by atoms with Gasteiger partial charge < -0.3 is 19.9 Å². The number of rotatable bonds is 4. The predicted octanol–water partition coefficient (Wildman–Crippen LogP) is 3.45. The molecule has 5 nitrogen and oxygen atoms in total. The molecule has 0 unspecified atom stereocenters. The average molecular weight is 422 g/mol. The number of anilines is 2. The first-order valence-electron chi connectivity index (χ1n) is 8.32. The third-order valence-corrected chi connectivity index (χ3v) is 5.73. The molecule has 1 aromatic carbocycles. The first-order chi connectivity index (χ1) is 12.6. The maximum atomic E-state index is 13.1. The molecule has 150 valence electrons. The van der Waals surface area contributed by atoms with Gasteiger partial charge in [0.15, 0.2) is 0 Å². The third-order valence-electron chi connectivity index (χ3n) is 3.95. The number of benzene rings is 1. The largest absolute Gasteiger partial charge is 0.416 e. The lowest BCUT2D eigenvalue weighted by Gasteiger charge is -2.31. The molecule has 1 atom stereocenters. The second-order valence-electron chi connectivity index (χ2n) is 6.24. The Balaban J connectivity index is 2.25. The highest BCUT2D eigenvalue weighted by Crippen LogP contribution is 2.36. The van der Waals surface area contributed by atoms with Crippen LogP contribution in [0.2, 0.25) is 0 Å². The van der Waals surface area contributed by atoms with E-state index in [0.29, 0.717) is 36.3 Å². The van der Waals surface area contributed by atoms with Crippen LogP contribution >= 0.6 is 24.0 Å². The van der Waals surface area contributed by atoms with Crippen molar-refractivity contribution in [1.82, 2.24) is 4.90 Å². The van der Waals surface area contributed by atoms with Gasteiger partial charge in [0.2, 0.25) is 5.91 Å². The zero-order chi connectivity index (χ0) is 20.2. The van der Waals surface area contributed by atoms with Crippen LogP contribution in [0.1, 0.15) is 12.5 Å². The number of nitrogens with one attached hydrogen (secondary N) is 1. The van der Waals surface area contributed by atoms with Crippen LogP contribution in [-0.4, -0.2) is 60.8 Å². The van der Waals surface area contributed by atoms with E-state index >= 15 is 0 Å². The summed E-state index contributed by atoms with van der Waals surface area (Å²) in [7, 11) is 3.53. The third kappa shape index (κ3) is 5.98. The highest BCUT2D eigenvalue weighted by atomic mass is 32.2. The van der Waals surface area contributed by atoms with E-state index in [9.17, 15) is 18.0 Å². The van der Waals surface area contributed by atoms with Gasteiger partial charge in [-0.2, -0.15) is 13.2 Å². The Morgan fingerprint density at radius 3 is 2.52 bits per heavy atom. The van der Waals surface area contributed by atoms with Gasteiger partial charge in [0.1, 0.15) is 4.32 Å². The standard InChI is InChI=1S/C17H22F3N3O2S2/c1-11(27-16(26)22(2)3)15(24)21-13-10-12(17(18,19)20)4-5-14(13)23-6-8-25-9-7-23/h4-5,10-11H,6-9H2,1-3H3,(H,21,24)/t11-/m1/s1. The van der Waals surface area contributed by atoms with Gasteiger partial charge in [0.25, 0.3) is 0 Å². The van der Waals surface area contributed by atoms with Gasteiger partial charge >= 0.3 is 6.18 Å². The van der Waals surface area contributed by atoms with E-state index in [0.717, 1.165) is 12.1 Å². The van der Waals surface area contributed by atoms with Crippen molar-refractivity contribution in [3.63, 3.8) is 0 Å². The molecule has 0 radical (unpaired) electrons. The zero-order valence-corrected chi connectivity index (χ0v) is 16.9. The number of hydrogen-bond acceptors (Lipinski definition) is 5. The molecule has 1 aromatic rings. The van der Waals surface area contributed by atoms with Crippen molar-refractivity contribution in [2.45, 2.75) is 18.3 Å². The molecule has 2 rings (SSSR count). The summed E-state index contributed by atoms with van der Waals surface area (Å²) in [6.45, 7) is 3.72. The van der Waals surface area contributed by atoms with Gasteiger partial charge in [-0.05, 0) is 25.1 Å². The van der Waals surface area contributed by atoms with E-state index in [4.69, 9.17) is 17.0 Å². The Morgan fingerprint density at radius 2 is 1.96 bits per heavy atom. The Hall–Kier alpha value is -1.52. The van der Waals surface area contributed by atoms with Crippen molar-refractivity contribution in [2.75, 3.05) is 50.6 Å². The number of halogens is 3. The summed E-state index contributed by atoms with van der Waals surface area (Å²) in [5, 5.41) is 2.09. The summed E-state index contributed by atoms with van der Waals surface area (Å²) in [6, 6.07) is 3.40. The maximum Gasteiger partial charge on any atom is 0.416 e. The predicted molar refractivity (Wildman–Crippen MR) is 106 cm³/mol. The molecule has 1 saturated heterocycles. The van der Waals surface area contributed by atoms with Gasteiger partial charge in [-0.3, -0.25) is 4.79 Å². The summed E-state index contributed by atoms with van der Waals surface area (Å²) in [4.78, 5) is 16.1. The summed E-state index contributed by atoms with van der Waals surface area (Å²) >= 11 is 6.35. The number of thioether (sulfide) groups is 1. The van der Waals surface area contributed by atoms with E-state index in [-0.39, 0.29) is 5.69 Å². The molecule has 0 aromatic heterocycles. The molecule has 1 aliphatic rings. The average Bonchev–Trinajstić information content (AvgIpc) is 2.61. The normalized spacial score (nSPS) is 16.0. The highest BCUT2D eigenvalue weighted by molar-refractivity contribution is 8.23. The smallest absolute Gasteiger partial charge is 0.378 e. The molecule has 1 fully saturated rings. The molecule has 10 heteroatoms. The van der Waals surface area contributed by atoms with Gasteiger partial charge in [-0.25, -0.2) is 0 Å². The van der Waals surface area contributed by atoms with E-state index in [1.54, 1.807) is 25.9 Å². The molecule has 27 heavy (non-hydrogen) atoms. The van der Waals surface area contributed by atoms with Gasteiger partial charge in [0.05, 0.1) is 35.4 Å². The van der Waals surface area contributed by atoms with Crippen molar-refractivity contribution < 1.29 is 22.7 Å². The lowest BCUT2D eigenvalue weighted by molar-refractivity contribution is -0.137. The van der Waals surface area contributed by atoms with Crippen LogP contribution in [0.25, 0.3) is 0 Å². The summed E-state index contributed by atoms with van der Waals surface area (Å²) in [6.07, 6.45) is -4.49. The summed E-state index contributed by atoms with van der Waals surface area (Å²) < 4.78 is 45.2. The van der Waals surface area contributed by atoms with Gasteiger partial charge in [-0.1, -0.05) is 24.0 Å². The molecule has 0 saturated carbocycles. The number of alkyl halides is 3. The van der Waals surface area contributed by atoms with Gasteiger partial charge in [0, 0.05) is 27.2 Å². The Kier molecular flexibility index (Phi) is 7.35. The minimum Gasteiger partial charge on any atom is -0.378 e. The number of amides is 1. The van der Waals surface area contributed by atoms with Crippen LogP contribution in [0, 0.1) is 0 Å². The summed E-state index contributed by atoms with van der Waals surface area (Å²) in [5.41, 5.74) is -0.120. The number of morpholine rings is 1. The van der Waals surface area contributed by atoms with Crippen LogP contribution in [0.15, 0.2) is 18.2 Å². The second-order valence-corrected chi connectivity index (χ2v) is 8.21. The number of carbonyl (C=O) groups is 1. The number of nitrogens with zero attached hydrogens (tertiary/aromatic N) is 2. The number of thiocarbonyl (C=S) groups is 1. The topological polar surface area (TPSA) is 44.8 Å². The molecule has 0 spiro atoms. The van der Waals surface area contributed by atoms with Crippen molar-refractivity contribution in [2.24, 2.45) is 0 Å². The van der Waals surface area contributed by atoms with Crippen molar-refractivity contribution in [3.8, 4) is 0 Å². The Morgan fingerprint density at radius 1 is 1.33 bits per heavy atom. The monoisotopic (exact) mass is 421 g/mol. The van der Waals surface area contributed by atoms with E-state index in [2.05, 4.69) is 5.32 Å². The lowest BCUT2D eigenvalue weighted by Crippen LogP contribution is -2.37. The fourth-order valence-electron chi connectivity index (χ4n) is 2.44. The molecule has 0 aliphatic carbocycles. The molecule has 0 bridgehead atoms. The number of ether oxygens (including phenoxy) is 1. The summed E-state index contributed by atoms with van der Waals surface area (Å²) in [5.74, 6) is -0.405. The SMILES string of the molecule is C[C@@H](SC(=S)N(C)C)C(=O)Nc1cc(C(F)(F)F)ccc1N1CCOCC1. The minimum absolute atomic E-state index is 0.139. The van der Waals surface area contributed by atoms with Crippen LogP contribution in [0.5, 0.6) is 0 Å². The van der Waals surface area contributed by atoms with Crippen molar-refractivity contribution >= 4 is 45.6 Å². The first kappa shape index (κ1) is 21.8. The molecule has 1 aliphatic heterocycles. The van der Waals surface area contributed by atoms with Crippen molar-refractivity contribution in [3.05, 3.63) is 23.8 Å². The van der Waals surface area contributed by atoms with E-state index < -0.39 is 22.9 Å². The van der Waals surface area contributed by atoms with Crippen LogP contribution in [0.3, 0.4) is 0 Å².